The van der Waals surface area contributed by atoms with Gasteiger partial charge in [0, 0.05) is 6.04 Å². The number of hydrogen-bond donors (Lipinski definition) is 1. The summed E-state index contributed by atoms with van der Waals surface area (Å²) in [6.07, 6.45) is 6.24. The normalized spacial score (nSPS) is 19.1. The summed E-state index contributed by atoms with van der Waals surface area (Å²) in [6, 6.07) is 0.461. The molecule has 0 aromatic heterocycles. The van der Waals surface area contributed by atoms with Gasteiger partial charge in [0.15, 0.2) is 0 Å². The predicted molar refractivity (Wildman–Crippen MR) is 75.3 cm³/mol. The molecule has 0 spiro atoms. The molecule has 2 N–H and O–H groups in total. The molecule has 1 rings (SSSR count). The number of nitrogens with two attached hydrogens (primary N) is 1. The van der Waals surface area contributed by atoms with Crippen LogP contribution < -0.4 is 5.73 Å². The van der Waals surface area contributed by atoms with Crippen molar-refractivity contribution in [3.63, 3.8) is 0 Å². The molecule has 0 aromatic carbocycles. The zero-order valence-corrected chi connectivity index (χ0v) is 11.8. The Bertz CT molecular complexity index is 170. The Morgan fingerprint density at radius 1 is 1.06 bits per heavy atom. The monoisotopic (exact) mass is 241 g/mol. The maximum Gasteiger partial charge on any atom is 0.00631 e. The molecule has 0 radical (unpaired) electrons. The van der Waals surface area contributed by atoms with Crippen LogP contribution in [0.4, 0.5) is 0 Å². The smallest absolute Gasteiger partial charge is 0.00631 e. The Morgan fingerprint density at radius 2 is 1.65 bits per heavy atom. The fourth-order valence-electron chi connectivity index (χ4n) is 2.66. The van der Waals surface area contributed by atoms with Crippen molar-refractivity contribution >= 4 is 0 Å². The van der Waals surface area contributed by atoms with E-state index in [2.05, 4.69) is 23.6 Å². The summed E-state index contributed by atoms with van der Waals surface area (Å²) in [7, 11) is 0. The summed E-state index contributed by atoms with van der Waals surface area (Å²) >= 11 is 0. The second-order valence-corrected chi connectivity index (χ2v) is 5.37. The molecule has 0 aromatic rings. The maximum absolute atomic E-state index is 5.92. The molecule has 1 heterocycles. The highest BCUT2D eigenvalue weighted by Crippen LogP contribution is 2.08. The molecule has 0 saturated carbocycles. The number of rotatable bonds is 8. The van der Waals surface area contributed by atoms with Crippen molar-refractivity contribution in [1.82, 2.24) is 9.80 Å². The average molecular weight is 241 g/mol. The van der Waals surface area contributed by atoms with Crippen LogP contribution in [-0.2, 0) is 0 Å². The maximum atomic E-state index is 5.92. The van der Waals surface area contributed by atoms with Crippen molar-refractivity contribution in [1.29, 1.82) is 0 Å². The number of likely N-dealkylation sites (tertiary alicyclic amines) is 1. The van der Waals surface area contributed by atoms with Gasteiger partial charge in [0.25, 0.3) is 0 Å². The van der Waals surface area contributed by atoms with Crippen LogP contribution in [0.2, 0.25) is 0 Å². The van der Waals surface area contributed by atoms with Crippen LogP contribution in [0.5, 0.6) is 0 Å². The molecule has 1 aliphatic heterocycles. The molecule has 1 fully saturated rings. The summed E-state index contributed by atoms with van der Waals surface area (Å²) < 4.78 is 0. The van der Waals surface area contributed by atoms with Gasteiger partial charge in [-0.1, -0.05) is 13.8 Å². The highest BCUT2D eigenvalue weighted by atomic mass is 15.1. The first kappa shape index (κ1) is 14.9. The van der Waals surface area contributed by atoms with E-state index in [1.807, 2.05) is 0 Å². The molecular weight excluding hydrogens is 210 g/mol. The van der Waals surface area contributed by atoms with Gasteiger partial charge in [-0.15, -0.1) is 0 Å². The van der Waals surface area contributed by atoms with Gasteiger partial charge >= 0.3 is 0 Å². The SMILES string of the molecule is CCCN(CCC)CCCN1CCC(N)CC1. The third-order valence-corrected chi connectivity index (χ3v) is 3.66. The number of nitrogens with zero attached hydrogens (tertiary/aromatic N) is 2. The van der Waals surface area contributed by atoms with Crippen molar-refractivity contribution in [2.24, 2.45) is 5.73 Å². The molecule has 17 heavy (non-hydrogen) atoms. The van der Waals surface area contributed by atoms with Gasteiger partial charge in [0.1, 0.15) is 0 Å². The van der Waals surface area contributed by atoms with Crippen LogP contribution >= 0.6 is 0 Å². The molecular formula is C14H31N3. The molecule has 3 heteroatoms. The van der Waals surface area contributed by atoms with Crippen LogP contribution in [0.3, 0.4) is 0 Å². The van der Waals surface area contributed by atoms with Gasteiger partial charge in [0.2, 0.25) is 0 Å². The Kier molecular flexibility index (Phi) is 7.82. The minimum absolute atomic E-state index is 0.461. The Hall–Kier alpha value is -0.120. The van der Waals surface area contributed by atoms with Crippen molar-refractivity contribution in [3.8, 4) is 0 Å². The molecule has 102 valence electrons. The Balaban J connectivity index is 2.08. The minimum atomic E-state index is 0.461. The van der Waals surface area contributed by atoms with Crippen molar-refractivity contribution in [3.05, 3.63) is 0 Å². The van der Waals surface area contributed by atoms with Crippen LogP contribution in [0, 0.1) is 0 Å². The van der Waals surface area contributed by atoms with Gasteiger partial charge in [-0.3, -0.25) is 0 Å². The van der Waals surface area contributed by atoms with E-state index in [0.29, 0.717) is 6.04 Å². The zero-order valence-electron chi connectivity index (χ0n) is 11.8. The Morgan fingerprint density at radius 3 is 2.18 bits per heavy atom. The summed E-state index contributed by atoms with van der Waals surface area (Å²) in [5.74, 6) is 0. The van der Waals surface area contributed by atoms with Crippen LogP contribution in [0.15, 0.2) is 0 Å². The predicted octanol–water partition coefficient (Wildman–Crippen LogP) is 1.92. The second-order valence-electron chi connectivity index (χ2n) is 5.37. The average Bonchev–Trinajstić information content (AvgIpc) is 2.32. The molecule has 0 atom stereocenters. The van der Waals surface area contributed by atoms with E-state index in [9.17, 15) is 0 Å². The molecule has 1 aliphatic rings. The van der Waals surface area contributed by atoms with Gasteiger partial charge in [-0.25, -0.2) is 0 Å². The van der Waals surface area contributed by atoms with E-state index in [-0.39, 0.29) is 0 Å². The lowest BCUT2D eigenvalue weighted by molar-refractivity contribution is 0.192. The number of piperidine rings is 1. The van der Waals surface area contributed by atoms with Crippen LogP contribution in [-0.4, -0.2) is 55.1 Å². The fourth-order valence-corrected chi connectivity index (χ4v) is 2.66. The zero-order chi connectivity index (χ0) is 12.5. The van der Waals surface area contributed by atoms with Crippen LogP contribution in [0.25, 0.3) is 0 Å². The van der Waals surface area contributed by atoms with E-state index >= 15 is 0 Å². The summed E-state index contributed by atoms with van der Waals surface area (Å²) in [4.78, 5) is 5.19. The Labute approximate surface area is 107 Å². The van der Waals surface area contributed by atoms with E-state index in [0.717, 1.165) is 0 Å². The highest BCUT2D eigenvalue weighted by molar-refractivity contribution is 4.74. The quantitative estimate of drug-likeness (QED) is 0.705. The third kappa shape index (κ3) is 6.39. The molecule has 0 bridgehead atoms. The minimum Gasteiger partial charge on any atom is -0.328 e. The largest absolute Gasteiger partial charge is 0.328 e. The van der Waals surface area contributed by atoms with Crippen molar-refractivity contribution < 1.29 is 0 Å². The first-order chi connectivity index (χ1) is 8.26. The molecule has 3 nitrogen and oxygen atoms in total. The second kappa shape index (κ2) is 8.90. The highest BCUT2D eigenvalue weighted by Gasteiger charge is 2.15. The fraction of sp³-hybridized carbons (Fsp3) is 1.00. The molecule has 0 aliphatic carbocycles. The van der Waals surface area contributed by atoms with Crippen molar-refractivity contribution in [2.45, 2.75) is 52.0 Å². The lowest BCUT2D eigenvalue weighted by Gasteiger charge is -2.30. The van der Waals surface area contributed by atoms with E-state index < -0.39 is 0 Å². The molecule has 0 amide bonds. The standard InChI is InChI=1S/C14H31N3/c1-3-8-16(9-4-2)10-5-11-17-12-6-14(15)7-13-17/h14H,3-13,15H2,1-2H3. The van der Waals surface area contributed by atoms with Crippen molar-refractivity contribution in [2.75, 3.05) is 39.3 Å². The van der Waals surface area contributed by atoms with Gasteiger partial charge in [-0.2, -0.15) is 0 Å². The topological polar surface area (TPSA) is 32.5 Å². The third-order valence-electron chi connectivity index (χ3n) is 3.66. The van der Waals surface area contributed by atoms with Gasteiger partial charge < -0.3 is 15.5 Å². The van der Waals surface area contributed by atoms with Gasteiger partial charge in [0.05, 0.1) is 0 Å². The molecule has 1 saturated heterocycles. The number of hydrogen-bond acceptors (Lipinski definition) is 3. The summed E-state index contributed by atoms with van der Waals surface area (Å²) in [5, 5.41) is 0. The van der Waals surface area contributed by atoms with E-state index in [4.69, 9.17) is 5.73 Å². The van der Waals surface area contributed by atoms with Gasteiger partial charge in [-0.05, 0) is 71.4 Å². The van der Waals surface area contributed by atoms with E-state index in [1.165, 1.54) is 71.4 Å². The summed E-state index contributed by atoms with van der Waals surface area (Å²) in [6.45, 7) is 12.0. The molecule has 0 unspecified atom stereocenters. The summed E-state index contributed by atoms with van der Waals surface area (Å²) in [5.41, 5.74) is 5.92. The van der Waals surface area contributed by atoms with E-state index in [1.54, 1.807) is 0 Å². The van der Waals surface area contributed by atoms with Crippen LogP contribution in [0.1, 0.15) is 46.0 Å². The lowest BCUT2D eigenvalue weighted by atomic mass is 10.1. The lowest BCUT2D eigenvalue weighted by Crippen LogP contribution is -2.40. The first-order valence-electron chi connectivity index (χ1n) is 7.46. The first-order valence-corrected chi connectivity index (χ1v) is 7.46.